The Labute approximate surface area is 152 Å². The number of nitrogens with one attached hydrogen (secondary N) is 2. The highest BCUT2D eigenvalue weighted by atomic mass is 16.7. The Hall–Kier alpha value is -3.28. The average Bonchev–Trinajstić information content (AvgIpc) is 3.09. The van der Waals surface area contributed by atoms with Crippen LogP contribution in [-0.2, 0) is 6.42 Å². The Bertz CT molecular complexity index is 943. The Morgan fingerprint density at radius 2 is 1.81 bits per heavy atom. The zero-order chi connectivity index (χ0) is 17.9. The molecule has 1 aliphatic rings. The number of para-hydroxylation sites is 1. The monoisotopic (exact) mass is 348 g/mol. The third-order valence-corrected chi connectivity index (χ3v) is 4.14. The van der Waals surface area contributed by atoms with E-state index in [4.69, 9.17) is 9.47 Å². The molecular weight excluding hydrogens is 328 g/mol. The second-order valence-corrected chi connectivity index (χ2v) is 6.05. The van der Waals surface area contributed by atoms with E-state index in [2.05, 4.69) is 33.6 Å². The molecule has 0 aliphatic carbocycles. The molecule has 3 aromatic rings. The van der Waals surface area contributed by atoms with Crippen LogP contribution in [0, 0.1) is 6.92 Å². The summed E-state index contributed by atoms with van der Waals surface area (Å²) in [6, 6.07) is 15.8. The summed E-state index contributed by atoms with van der Waals surface area (Å²) in [7, 11) is 0. The maximum Gasteiger partial charge on any atom is 0.231 e. The number of fused-ring (bicyclic) bond motifs is 1. The molecule has 0 radical (unpaired) electrons. The number of aromatic nitrogens is 2. The van der Waals surface area contributed by atoms with Crippen LogP contribution >= 0.6 is 0 Å². The molecule has 0 amide bonds. The molecule has 2 heterocycles. The van der Waals surface area contributed by atoms with Crippen LogP contribution in [0.15, 0.2) is 48.5 Å². The van der Waals surface area contributed by atoms with Crippen LogP contribution in [0.3, 0.4) is 0 Å². The highest BCUT2D eigenvalue weighted by molar-refractivity contribution is 5.64. The lowest BCUT2D eigenvalue weighted by Crippen LogP contribution is -2.03. The summed E-state index contributed by atoms with van der Waals surface area (Å²) in [5.74, 6) is 2.77. The van der Waals surface area contributed by atoms with Crippen LogP contribution in [0.25, 0.3) is 0 Å². The summed E-state index contributed by atoms with van der Waals surface area (Å²) in [5, 5.41) is 6.63. The topological polar surface area (TPSA) is 68.3 Å². The summed E-state index contributed by atoms with van der Waals surface area (Å²) in [6.45, 7) is 4.34. The lowest BCUT2D eigenvalue weighted by molar-refractivity contribution is 0.174. The highest BCUT2D eigenvalue weighted by Crippen LogP contribution is 2.35. The van der Waals surface area contributed by atoms with E-state index in [1.54, 1.807) is 0 Å². The largest absolute Gasteiger partial charge is 0.454 e. The van der Waals surface area contributed by atoms with Crippen molar-refractivity contribution >= 4 is 23.1 Å². The summed E-state index contributed by atoms with van der Waals surface area (Å²) < 4.78 is 10.8. The van der Waals surface area contributed by atoms with E-state index in [1.807, 2.05) is 49.4 Å². The molecule has 4 rings (SSSR count). The molecule has 0 fully saturated rings. The maximum absolute atomic E-state index is 5.42. The molecule has 2 N–H and O–H groups in total. The molecule has 2 aromatic carbocycles. The maximum atomic E-state index is 5.42. The fourth-order valence-electron chi connectivity index (χ4n) is 2.88. The van der Waals surface area contributed by atoms with Gasteiger partial charge in [0.15, 0.2) is 11.5 Å². The van der Waals surface area contributed by atoms with Crippen LogP contribution < -0.4 is 20.1 Å². The number of ether oxygens (including phenoxy) is 2. The van der Waals surface area contributed by atoms with E-state index in [9.17, 15) is 0 Å². The van der Waals surface area contributed by atoms with Gasteiger partial charge in [0.05, 0.1) is 0 Å². The number of nitrogens with zero attached hydrogens (tertiary/aromatic N) is 2. The average molecular weight is 348 g/mol. The van der Waals surface area contributed by atoms with Gasteiger partial charge in [-0.1, -0.05) is 25.1 Å². The molecule has 0 atom stereocenters. The second-order valence-electron chi connectivity index (χ2n) is 6.05. The van der Waals surface area contributed by atoms with Gasteiger partial charge >= 0.3 is 0 Å². The van der Waals surface area contributed by atoms with Crippen molar-refractivity contribution in [3.05, 3.63) is 59.8 Å². The van der Waals surface area contributed by atoms with Gasteiger partial charge in [-0.3, -0.25) is 0 Å². The number of anilines is 4. The third kappa shape index (κ3) is 3.39. The van der Waals surface area contributed by atoms with E-state index in [-0.39, 0.29) is 6.79 Å². The van der Waals surface area contributed by atoms with Gasteiger partial charge in [-0.15, -0.1) is 0 Å². The first-order chi connectivity index (χ1) is 12.7. The fraction of sp³-hybridized carbons (Fsp3) is 0.200. The Balaban J connectivity index is 1.58. The van der Waals surface area contributed by atoms with E-state index in [0.29, 0.717) is 11.8 Å². The van der Waals surface area contributed by atoms with Crippen molar-refractivity contribution in [3.63, 3.8) is 0 Å². The van der Waals surface area contributed by atoms with Gasteiger partial charge in [-0.2, -0.15) is 4.98 Å². The van der Waals surface area contributed by atoms with E-state index in [0.717, 1.165) is 35.0 Å². The predicted molar refractivity (Wildman–Crippen MR) is 102 cm³/mol. The van der Waals surface area contributed by atoms with Crippen molar-refractivity contribution in [2.45, 2.75) is 20.3 Å². The molecule has 0 spiro atoms. The van der Waals surface area contributed by atoms with Gasteiger partial charge in [0.1, 0.15) is 5.82 Å². The van der Waals surface area contributed by atoms with Crippen molar-refractivity contribution in [1.82, 2.24) is 9.97 Å². The van der Waals surface area contributed by atoms with Crippen LogP contribution in [0.5, 0.6) is 11.5 Å². The van der Waals surface area contributed by atoms with Gasteiger partial charge in [0, 0.05) is 29.2 Å². The number of benzene rings is 2. The SMILES string of the molecule is CCc1ccccc1Nc1nc(C)cc(Nc2ccc3c(c2)OCO3)n1. The lowest BCUT2D eigenvalue weighted by Gasteiger charge is -2.12. The summed E-state index contributed by atoms with van der Waals surface area (Å²) in [6.07, 6.45) is 0.942. The Kier molecular flexibility index (Phi) is 4.31. The van der Waals surface area contributed by atoms with Crippen molar-refractivity contribution < 1.29 is 9.47 Å². The van der Waals surface area contributed by atoms with Crippen LogP contribution in [0.1, 0.15) is 18.2 Å². The minimum atomic E-state index is 0.260. The molecule has 26 heavy (non-hydrogen) atoms. The number of aryl methyl sites for hydroxylation is 2. The second kappa shape index (κ2) is 6.92. The normalized spacial score (nSPS) is 12.1. The zero-order valence-electron chi connectivity index (χ0n) is 14.7. The summed E-state index contributed by atoms with van der Waals surface area (Å²) >= 11 is 0. The van der Waals surface area contributed by atoms with E-state index in [1.165, 1.54) is 5.56 Å². The minimum Gasteiger partial charge on any atom is -0.454 e. The Morgan fingerprint density at radius 1 is 0.962 bits per heavy atom. The number of hydrogen-bond acceptors (Lipinski definition) is 6. The Morgan fingerprint density at radius 3 is 2.69 bits per heavy atom. The summed E-state index contributed by atoms with van der Waals surface area (Å²) in [4.78, 5) is 9.08. The molecule has 0 unspecified atom stereocenters. The molecule has 6 nitrogen and oxygen atoms in total. The van der Waals surface area contributed by atoms with Crippen molar-refractivity contribution in [1.29, 1.82) is 0 Å². The van der Waals surface area contributed by atoms with Crippen molar-refractivity contribution in [2.24, 2.45) is 0 Å². The number of rotatable bonds is 5. The first kappa shape index (κ1) is 16.2. The first-order valence-electron chi connectivity index (χ1n) is 8.58. The molecule has 1 aliphatic heterocycles. The molecule has 0 saturated carbocycles. The smallest absolute Gasteiger partial charge is 0.231 e. The molecule has 132 valence electrons. The zero-order valence-corrected chi connectivity index (χ0v) is 14.7. The van der Waals surface area contributed by atoms with Gasteiger partial charge in [0.25, 0.3) is 0 Å². The van der Waals surface area contributed by atoms with Crippen molar-refractivity contribution in [3.8, 4) is 11.5 Å². The summed E-state index contributed by atoms with van der Waals surface area (Å²) in [5.41, 5.74) is 4.00. The van der Waals surface area contributed by atoms with Gasteiger partial charge in [0.2, 0.25) is 12.7 Å². The highest BCUT2D eigenvalue weighted by Gasteiger charge is 2.13. The lowest BCUT2D eigenvalue weighted by atomic mass is 10.1. The third-order valence-electron chi connectivity index (χ3n) is 4.14. The van der Waals surface area contributed by atoms with E-state index < -0.39 is 0 Å². The standard InChI is InChI=1S/C20H20N4O2/c1-3-14-6-4-5-7-16(14)23-20-21-13(2)10-19(24-20)22-15-8-9-17-18(11-15)26-12-25-17/h4-11H,3,12H2,1-2H3,(H2,21,22,23,24). The molecule has 0 saturated heterocycles. The van der Waals surface area contributed by atoms with Crippen LogP contribution in [0.2, 0.25) is 0 Å². The first-order valence-corrected chi connectivity index (χ1v) is 8.58. The molecule has 6 heteroatoms. The van der Waals surface area contributed by atoms with Gasteiger partial charge in [-0.05, 0) is 37.1 Å². The van der Waals surface area contributed by atoms with Gasteiger partial charge < -0.3 is 20.1 Å². The molecule has 0 bridgehead atoms. The number of hydrogen-bond donors (Lipinski definition) is 2. The molecular formula is C20H20N4O2. The van der Waals surface area contributed by atoms with Crippen LogP contribution in [0.4, 0.5) is 23.1 Å². The quantitative estimate of drug-likeness (QED) is 0.704. The minimum absolute atomic E-state index is 0.260. The van der Waals surface area contributed by atoms with Crippen LogP contribution in [-0.4, -0.2) is 16.8 Å². The fourth-order valence-corrected chi connectivity index (χ4v) is 2.88. The van der Waals surface area contributed by atoms with Crippen molar-refractivity contribution in [2.75, 3.05) is 17.4 Å². The van der Waals surface area contributed by atoms with E-state index >= 15 is 0 Å². The predicted octanol–water partition coefficient (Wildman–Crippen LogP) is 4.56. The van der Waals surface area contributed by atoms with Gasteiger partial charge in [-0.25, -0.2) is 4.98 Å². The molecule has 1 aromatic heterocycles.